The fourth-order valence-electron chi connectivity index (χ4n) is 1.92. The molecule has 0 aliphatic rings. The number of rotatable bonds is 5. The first-order chi connectivity index (χ1) is 11.7. The van der Waals surface area contributed by atoms with Gasteiger partial charge >= 0.3 is 12.1 Å². The number of carbonyl (C=O) groups is 1. The van der Waals surface area contributed by atoms with Gasteiger partial charge < -0.3 is 14.2 Å². The number of hydrogen-bond donors (Lipinski definition) is 0. The second-order valence-electron chi connectivity index (χ2n) is 5.00. The summed E-state index contributed by atoms with van der Waals surface area (Å²) in [5.74, 6) is -1.72. The molecule has 0 heterocycles. The highest BCUT2D eigenvalue weighted by Crippen LogP contribution is 2.34. The van der Waals surface area contributed by atoms with Crippen LogP contribution in [0.3, 0.4) is 0 Å². The van der Waals surface area contributed by atoms with Gasteiger partial charge in [-0.05, 0) is 37.3 Å². The van der Waals surface area contributed by atoms with Crippen LogP contribution < -0.4 is 9.47 Å². The molecule has 25 heavy (non-hydrogen) atoms. The van der Waals surface area contributed by atoms with Crippen molar-refractivity contribution in [2.45, 2.75) is 19.2 Å². The quantitative estimate of drug-likeness (QED) is 0.580. The predicted octanol–water partition coefficient (Wildman–Crippen LogP) is 4.58. The first-order valence-corrected chi connectivity index (χ1v) is 7.10. The Morgan fingerprint density at radius 3 is 2.36 bits per heavy atom. The largest absolute Gasteiger partial charge is 0.479 e. The van der Waals surface area contributed by atoms with Gasteiger partial charge in [-0.3, -0.25) is 0 Å². The van der Waals surface area contributed by atoms with Crippen molar-refractivity contribution >= 4 is 5.97 Å². The molecule has 0 saturated carbocycles. The molecule has 0 aliphatic heterocycles. The highest BCUT2D eigenvalue weighted by molar-refractivity contribution is 5.74. The number of methoxy groups -OCH3 is 1. The third kappa shape index (κ3) is 4.85. The van der Waals surface area contributed by atoms with Crippen molar-refractivity contribution in [3.8, 4) is 17.2 Å². The number of benzene rings is 2. The van der Waals surface area contributed by atoms with Crippen LogP contribution in [0.2, 0.25) is 0 Å². The molecule has 2 aromatic rings. The maximum atomic E-state index is 13.8. The Labute approximate surface area is 140 Å². The van der Waals surface area contributed by atoms with E-state index in [2.05, 4.69) is 4.74 Å². The zero-order chi connectivity index (χ0) is 18.6. The molecule has 1 atom stereocenters. The van der Waals surface area contributed by atoms with Gasteiger partial charge in [-0.2, -0.15) is 13.2 Å². The van der Waals surface area contributed by atoms with Gasteiger partial charge in [0.1, 0.15) is 11.5 Å². The predicted molar refractivity (Wildman–Crippen MR) is 80.0 cm³/mol. The van der Waals surface area contributed by atoms with Gasteiger partial charge in [0.15, 0.2) is 17.7 Å². The van der Waals surface area contributed by atoms with E-state index in [-0.39, 0.29) is 17.2 Å². The number of ether oxygens (including phenoxy) is 3. The third-order valence-electron chi connectivity index (χ3n) is 3.14. The van der Waals surface area contributed by atoms with E-state index in [1.807, 2.05) is 0 Å². The van der Waals surface area contributed by atoms with Crippen molar-refractivity contribution in [1.82, 2.24) is 0 Å². The maximum absolute atomic E-state index is 13.8. The summed E-state index contributed by atoms with van der Waals surface area (Å²) in [6.45, 7) is 1.48. The molecular weight excluding hydrogens is 344 g/mol. The smallest absolute Gasteiger partial charge is 0.416 e. The number of hydrogen-bond acceptors (Lipinski definition) is 4. The lowest BCUT2D eigenvalue weighted by Gasteiger charge is -2.14. The summed E-state index contributed by atoms with van der Waals surface area (Å²) in [5, 5.41) is 0. The minimum Gasteiger partial charge on any atom is -0.479 e. The van der Waals surface area contributed by atoms with Crippen molar-refractivity contribution in [2.24, 2.45) is 0 Å². The van der Waals surface area contributed by atoms with Gasteiger partial charge in [0, 0.05) is 6.07 Å². The summed E-state index contributed by atoms with van der Waals surface area (Å²) >= 11 is 0. The standard InChI is InChI=1S/C17H14F4O4/c1-10(16(22)23-2)24-12-4-3-5-13(9-12)25-15-7-6-11(8-14(15)18)17(19,20)21/h3-10H,1-2H3. The lowest BCUT2D eigenvalue weighted by Crippen LogP contribution is -2.24. The number of halogens is 4. The second-order valence-corrected chi connectivity index (χ2v) is 5.00. The SMILES string of the molecule is COC(=O)C(C)Oc1cccc(Oc2ccc(C(F)(F)F)cc2F)c1. The molecule has 0 fully saturated rings. The molecule has 2 aromatic carbocycles. The summed E-state index contributed by atoms with van der Waals surface area (Å²) in [6.07, 6.45) is -5.51. The van der Waals surface area contributed by atoms with Crippen LogP contribution >= 0.6 is 0 Å². The third-order valence-corrected chi connectivity index (χ3v) is 3.14. The topological polar surface area (TPSA) is 44.8 Å². The molecule has 2 rings (SSSR count). The summed E-state index contributed by atoms with van der Waals surface area (Å²) in [5.41, 5.74) is -1.11. The summed E-state index contributed by atoms with van der Waals surface area (Å²) in [7, 11) is 1.22. The van der Waals surface area contributed by atoms with Crippen LogP contribution in [0.5, 0.6) is 17.2 Å². The van der Waals surface area contributed by atoms with Crippen LogP contribution in [0, 0.1) is 5.82 Å². The van der Waals surface area contributed by atoms with E-state index < -0.39 is 29.6 Å². The molecule has 0 radical (unpaired) electrons. The summed E-state index contributed by atoms with van der Waals surface area (Å²) in [4.78, 5) is 11.3. The molecule has 0 saturated heterocycles. The van der Waals surface area contributed by atoms with Crippen molar-refractivity contribution < 1.29 is 36.6 Å². The van der Waals surface area contributed by atoms with Gasteiger partial charge in [-0.25, -0.2) is 9.18 Å². The molecule has 0 aromatic heterocycles. The zero-order valence-corrected chi connectivity index (χ0v) is 13.3. The molecule has 1 unspecified atom stereocenters. The highest BCUT2D eigenvalue weighted by Gasteiger charge is 2.31. The Morgan fingerprint density at radius 2 is 1.76 bits per heavy atom. The van der Waals surface area contributed by atoms with Crippen LogP contribution in [-0.4, -0.2) is 19.2 Å². The van der Waals surface area contributed by atoms with Gasteiger partial charge in [0.25, 0.3) is 0 Å². The summed E-state index contributed by atoms with van der Waals surface area (Å²) < 4.78 is 66.5. The van der Waals surface area contributed by atoms with Crippen LogP contribution in [0.1, 0.15) is 12.5 Å². The Bertz CT molecular complexity index is 759. The maximum Gasteiger partial charge on any atom is 0.416 e. The molecule has 0 N–H and O–H groups in total. The minimum atomic E-state index is -4.64. The molecule has 134 valence electrons. The van der Waals surface area contributed by atoms with E-state index in [1.165, 1.54) is 38.3 Å². The minimum absolute atomic E-state index is 0.133. The first kappa shape index (κ1) is 18.6. The van der Waals surface area contributed by atoms with E-state index in [0.29, 0.717) is 6.07 Å². The van der Waals surface area contributed by atoms with Gasteiger partial charge in [0.2, 0.25) is 0 Å². The monoisotopic (exact) mass is 358 g/mol. The summed E-state index contributed by atoms with van der Waals surface area (Å²) in [6, 6.07) is 7.87. The molecule has 0 bridgehead atoms. The van der Waals surface area contributed by atoms with Gasteiger partial charge in [-0.1, -0.05) is 6.07 Å². The number of carbonyl (C=O) groups excluding carboxylic acids is 1. The zero-order valence-electron chi connectivity index (χ0n) is 13.3. The lowest BCUT2D eigenvalue weighted by molar-refractivity contribution is -0.148. The Kier molecular flexibility index (Phi) is 5.51. The van der Waals surface area contributed by atoms with Crippen LogP contribution in [0.4, 0.5) is 17.6 Å². The van der Waals surface area contributed by atoms with Crippen LogP contribution in [0.25, 0.3) is 0 Å². The molecule has 0 aliphatic carbocycles. The second kappa shape index (κ2) is 7.42. The Morgan fingerprint density at radius 1 is 1.08 bits per heavy atom. The average molecular weight is 358 g/mol. The fourth-order valence-corrected chi connectivity index (χ4v) is 1.92. The van der Waals surface area contributed by atoms with Crippen molar-refractivity contribution in [3.63, 3.8) is 0 Å². The molecule has 4 nitrogen and oxygen atoms in total. The van der Waals surface area contributed by atoms with Crippen LogP contribution in [-0.2, 0) is 15.7 Å². The Balaban J connectivity index is 2.16. The normalized spacial score (nSPS) is 12.4. The number of esters is 1. The van der Waals surface area contributed by atoms with E-state index >= 15 is 0 Å². The molecule has 0 spiro atoms. The highest BCUT2D eigenvalue weighted by atomic mass is 19.4. The average Bonchev–Trinajstić information content (AvgIpc) is 2.55. The Hall–Kier alpha value is -2.77. The van der Waals surface area contributed by atoms with E-state index in [1.54, 1.807) is 0 Å². The van der Waals surface area contributed by atoms with E-state index in [9.17, 15) is 22.4 Å². The van der Waals surface area contributed by atoms with Gasteiger partial charge in [-0.15, -0.1) is 0 Å². The van der Waals surface area contributed by atoms with Crippen molar-refractivity contribution in [3.05, 3.63) is 53.8 Å². The van der Waals surface area contributed by atoms with E-state index in [4.69, 9.17) is 9.47 Å². The molecular formula is C17H14F4O4. The van der Waals surface area contributed by atoms with Crippen molar-refractivity contribution in [1.29, 1.82) is 0 Å². The fraction of sp³-hybridized carbons (Fsp3) is 0.235. The van der Waals surface area contributed by atoms with Crippen molar-refractivity contribution in [2.75, 3.05) is 7.11 Å². The first-order valence-electron chi connectivity index (χ1n) is 7.10. The van der Waals surface area contributed by atoms with E-state index in [0.717, 1.165) is 12.1 Å². The molecule has 0 amide bonds. The lowest BCUT2D eigenvalue weighted by atomic mass is 10.2. The number of alkyl halides is 3. The molecule has 8 heteroatoms. The van der Waals surface area contributed by atoms with Crippen LogP contribution in [0.15, 0.2) is 42.5 Å². The van der Waals surface area contributed by atoms with Gasteiger partial charge in [0.05, 0.1) is 12.7 Å².